The summed E-state index contributed by atoms with van der Waals surface area (Å²) in [4.78, 5) is 18.0. The van der Waals surface area contributed by atoms with Crippen molar-refractivity contribution in [3.63, 3.8) is 0 Å². The van der Waals surface area contributed by atoms with E-state index in [0.717, 1.165) is 32.0 Å². The predicted octanol–water partition coefficient (Wildman–Crippen LogP) is 2.17. The van der Waals surface area contributed by atoms with Gasteiger partial charge in [-0.05, 0) is 43.6 Å². The second-order valence-corrected chi connectivity index (χ2v) is 5.53. The largest absolute Gasteiger partial charge is 0.317 e. The van der Waals surface area contributed by atoms with E-state index >= 15 is 0 Å². The Morgan fingerprint density at radius 1 is 1.14 bits per heavy atom. The molecule has 0 aliphatic carbocycles. The van der Waals surface area contributed by atoms with Crippen LogP contribution in [0.5, 0.6) is 0 Å². The summed E-state index contributed by atoms with van der Waals surface area (Å²) in [6.07, 6.45) is 2.09. The first-order chi connectivity index (χ1) is 10.1. The maximum Gasteiger partial charge on any atom is 0.249 e. The Kier molecular flexibility index (Phi) is 4.17. The van der Waals surface area contributed by atoms with Crippen molar-refractivity contribution in [3.8, 4) is 0 Å². The van der Waals surface area contributed by atoms with Crippen molar-refractivity contribution in [3.05, 3.63) is 35.4 Å². The molecule has 0 spiro atoms. The van der Waals surface area contributed by atoms with E-state index < -0.39 is 17.7 Å². The first kappa shape index (κ1) is 14.4. The molecule has 2 saturated heterocycles. The Bertz CT molecular complexity index is 512. The summed E-state index contributed by atoms with van der Waals surface area (Å²) in [5, 5.41) is 4.53. The van der Waals surface area contributed by atoms with Gasteiger partial charge in [0.2, 0.25) is 5.91 Å². The molecule has 0 aromatic heterocycles. The maximum atomic E-state index is 13.4. The lowest BCUT2D eigenvalue weighted by molar-refractivity contribution is -0.182. The van der Waals surface area contributed by atoms with Crippen LogP contribution in [0.2, 0.25) is 0 Å². The molecule has 2 fully saturated rings. The van der Waals surface area contributed by atoms with Gasteiger partial charge in [0.25, 0.3) is 0 Å². The molecule has 3 rings (SSSR count). The molecule has 6 heteroatoms. The summed E-state index contributed by atoms with van der Waals surface area (Å²) in [6.45, 7) is 2.01. The zero-order valence-electron chi connectivity index (χ0n) is 11.6. The highest BCUT2D eigenvalue weighted by molar-refractivity contribution is 5.78. The van der Waals surface area contributed by atoms with Gasteiger partial charge >= 0.3 is 0 Å². The van der Waals surface area contributed by atoms with Gasteiger partial charge in [0.05, 0.1) is 12.6 Å². The SMILES string of the molecule is O=C(C1CCNCC1)N1OCCC1c1cc(F)cc(F)c1. The van der Waals surface area contributed by atoms with E-state index in [-0.39, 0.29) is 11.8 Å². The highest BCUT2D eigenvalue weighted by atomic mass is 19.1. The Labute approximate surface area is 122 Å². The quantitative estimate of drug-likeness (QED) is 0.909. The van der Waals surface area contributed by atoms with Crippen LogP contribution in [0.1, 0.15) is 30.9 Å². The highest BCUT2D eigenvalue weighted by Gasteiger charge is 2.36. The molecule has 2 aliphatic heterocycles. The topological polar surface area (TPSA) is 41.6 Å². The summed E-state index contributed by atoms with van der Waals surface area (Å²) in [5.74, 6) is -1.42. The molecule has 1 aromatic carbocycles. The summed E-state index contributed by atoms with van der Waals surface area (Å²) in [7, 11) is 0. The standard InChI is InChI=1S/C15H18F2N2O2/c16-12-7-11(8-13(17)9-12)14-3-6-21-19(14)15(20)10-1-4-18-5-2-10/h7-10,14,18H,1-6H2. The first-order valence-corrected chi connectivity index (χ1v) is 7.28. The van der Waals surface area contributed by atoms with Crippen LogP contribution in [0.4, 0.5) is 8.78 Å². The van der Waals surface area contributed by atoms with Crippen LogP contribution < -0.4 is 5.32 Å². The van der Waals surface area contributed by atoms with Gasteiger partial charge in [-0.3, -0.25) is 9.63 Å². The number of carbonyl (C=O) groups excluding carboxylic acids is 1. The molecule has 0 radical (unpaired) electrons. The molecule has 21 heavy (non-hydrogen) atoms. The van der Waals surface area contributed by atoms with Crippen LogP contribution in [0, 0.1) is 17.6 Å². The number of piperidine rings is 1. The molecule has 0 bridgehead atoms. The monoisotopic (exact) mass is 296 g/mol. The number of halogens is 2. The first-order valence-electron chi connectivity index (χ1n) is 7.28. The fraction of sp³-hybridized carbons (Fsp3) is 0.533. The van der Waals surface area contributed by atoms with Crippen LogP contribution in [-0.4, -0.2) is 30.7 Å². The van der Waals surface area contributed by atoms with Crippen LogP contribution in [0.3, 0.4) is 0 Å². The normalized spacial score (nSPS) is 23.5. The minimum absolute atomic E-state index is 0.0785. The number of hydroxylamine groups is 2. The Hall–Kier alpha value is -1.53. The molecular formula is C15H18F2N2O2. The van der Waals surface area contributed by atoms with Gasteiger partial charge in [-0.2, -0.15) is 0 Å². The number of rotatable bonds is 2. The number of hydrogen-bond donors (Lipinski definition) is 1. The number of hydrogen-bond acceptors (Lipinski definition) is 3. The molecule has 1 unspecified atom stereocenters. The summed E-state index contributed by atoms with van der Waals surface area (Å²) in [6, 6.07) is 2.96. The van der Waals surface area contributed by atoms with E-state index in [1.807, 2.05) is 0 Å². The lowest BCUT2D eigenvalue weighted by Crippen LogP contribution is -2.40. The lowest BCUT2D eigenvalue weighted by Gasteiger charge is -2.29. The number of carbonyl (C=O) groups is 1. The molecule has 4 nitrogen and oxygen atoms in total. The fourth-order valence-electron chi connectivity index (χ4n) is 3.01. The van der Waals surface area contributed by atoms with E-state index in [9.17, 15) is 13.6 Å². The van der Waals surface area contributed by atoms with Crippen molar-refractivity contribution in [2.24, 2.45) is 5.92 Å². The fourth-order valence-corrected chi connectivity index (χ4v) is 3.01. The number of benzene rings is 1. The van der Waals surface area contributed by atoms with E-state index in [1.165, 1.54) is 17.2 Å². The van der Waals surface area contributed by atoms with Crippen LogP contribution >= 0.6 is 0 Å². The van der Waals surface area contributed by atoms with Crippen LogP contribution in [0.25, 0.3) is 0 Å². The minimum atomic E-state index is -0.633. The molecule has 0 saturated carbocycles. The minimum Gasteiger partial charge on any atom is -0.317 e. The Balaban J connectivity index is 1.79. The van der Waals surface area contributed by atoms with Crippen LogP contribution in [-0.2, 0) is 9.63 Å². The van der Waals surface area contributed by atoms with Crippen molar-refractivity contribution < 1.29 is 18.4 Å². The van der Waals surface area contributed by atoms with E-state index in [1.54, 1.807) is 0 Å². The zero-order valence-corrected chi connectivity index (χ0v) is 11.6. The number of nitrogens with one attached hydrogen (secondary N) is 1. The van der Waals surface area contributed by atoms with Gasteiger partial charge in [-0.25, -0.2) is 13.8 Å². The van der Waals surface area contributed by atoms with Crippen molar-refractivity contribution in [2.75, 3.05) is 19.7 Å². The molecule has 1 atom stereocenters. The van der Waals surface area contributed by atoms with Gasteiger partial charge in [0.1, 0.15) is 11.6 Å². The second kappa shape index (κ2) is 6.07. The van der Waals surface area contributed by atoms with Crippen molar-refractivity contribution in [1.29, 1.82) is 0 Å². The van der Waals surface area contributed by atoms with E-state index in [2.05, 4.69) is 5.32 Å². The lowest BCUT2D eigenvalue weighted by atomic mass is 9.95. The third-order valence-electron chi connectivity index (χ3n) is 4.08. The molecule has 1 amide bonds. The summed E-state index contributed by atoms with van der Waals surface area (Å²) < 4.78 is 26.7. The Morgan fingerprint density at radius 3 is 2.48 bits per heavy atom. The third-order valence-corrected chi connectivity index (χ3v) is 4.08. The van der Waals surface area contributed by atoms with Gasteiger partial charge in [0.15, 0.2) is 0 Å². The average molecular weight is 296 g/mol. The van der Waals surface area contributed by atoms with E-state index in [4.69, 9.17) is 4.84 Å². The smallest absolute Gasteiger partial charge is 0.249 e. The van der Waals surface area contributed by atoms with Crippen LogP contribution in [0.15, 0.2) is 18.2 Å². The Morgan fingerprint density at radius 2 is 1.81 bits per heavy atom. The number of nitrogens with zero attached hydrogens (tertiary/aromatic N) is 1. The maximum absolute atomic E-state index is 13.4. The molecule has 1 N–H and O–H groups in total. The average Bonchev–Trinajstić information content (AvgIpc) is 2.96. The predicted molar refractivity (Wildman–Crippen MR) is 72.1 cm³/mol. The van der Waals surface area contributed by atoms with Gasteiger partial charge in [-0.1, -0.05) is 0 Å². The summed E-state index contributed by atoms with van der Waals surface area (Å²) in [5.41, 5.74) is 0.451. The van der Waals surface area contributed by atoms with Crippen molar-refractivity contribution in [1.82, 2.24) is 10.4 Å². The molecular weight excluding hydrogens is 278 g/mol. The van der Waals surface area contributed by atoms with E-state index in [0.29, 0.717) is 18.6 Å². The van der Waals surface area contributed by atoms with Gasteiger partial charge in [-0.15, -0.1) is 0 Å². The molecule has 2 heterocycles. The van der Waals surface area contributed by atoms with Crippen molar-refractivity contribution in [2.45, 2.75) is 25.3 Å². The summed E-state index contributed by atoms with van der Waals surface area (Å²) >= 11 is 0. The molecule has 1 aromatic rings. The molecule has 2 aliphatic rings. The van der Waals surface area contributed by atoms with Gasteiger partial charge < -0.3 is 5.32 Å². The molecule has 114 valence electrons. The number of amides is 1. The second-order valence-electron chi connectivity index (χ2n) is 5.53. The van der Waals surface area contributed by atoms with Crippen molar-refractivity contribution >= 4 is 5.91 Å². The zero-order chi connectivity index (χ0) is 14.8. The third kappa shape index (κ3) is 3.06. The van der Waals surface area contributed by atoms with Gasteiger partial charge in [0, 0.05) is 18.4 Å². The highest BCUT2D eigenvalue weighted by Crippen LogP contribution is 2.33.